The quantitative estimate of drug-likeness (QED) is 0.669. The number of nitrogens with zero attached hydrogens (tertiary/aromatic N) is 1. The minimum Gasteiger partial charge on any atom is -0.325 e. The molecule has 5 nitrogen and oxygen atoms in total. The van der Waals surface area contributed by atoms with Crippen LogP contribution in [0.1, 0.15) is 17.7 Å². The first-order chi connectivity index (χ1) is 10.6. The monoisotopic (exact) mass is 319 g/mol. The maximum atomic E-state index is 13.1. The number of nitrogens with one attached hydrogen (secondary N) is 2. The number of carbonyl (C=O) groups is 1. The molecule has 0 saturated carbocycles. The number of aromatic amines is 1. The Balaban J connectivity index is 1.66. The number of fused-ring (bicyclic) bond motifs is 1. The van der Waals surface area contributed by atoms with Crippen LogP contribution in [-0.2, 0) is 17.6 Å². The van der Waals surface area contributed by atoms with Crippen LogP contribution in [0.3, 0.4) is 0 Å². The summed E-state index contributed by atoms with van der Waals surface area (Å²) in [5.41, 5.74) is 1.99. The second-order valence-corrected chi connectivity index (χ2v) is 5.97. The predicted octanol–water partition coefficient (Wildman–Crippen LogP) is 2.13. The molecule has 1 aromatic carbocycles. The number of anilines is 1. The molecule has 0 bridgehead atoms. The zero-order valence-electron chi connectivity index (χ0n) is 11.7. The molecule has 0 atom stereocenters. The molecule has 22 heavy (non-hydrogen) atoms. The van der Waals surface area contributed by atoms with Crippen molar-refractivity contribution in [1.82, 2.24) is 9.97 Å². The highest BCUT2D eigenvalue weighted by Crippen LogP contribution is 2.27. The molecule has 0 unspecified atom stereocenters. The number of H-pyrrole nitrogens is 1. The summed E-state index contributed by atoms with van der Waals surface area (Å²) in [6.07, 6.45) is 2.70. The predicted molar refractivity (Wildman–Crippen MR) is 82.6 cm³/mol. The van der Waals surface area contributed by atoms with Crippen molar-refractivity contribution >= 4 is 23.4 Å². The molecule has 0 saturated heterocycles. The third-order valence-corrected chi connectivity index (χ3v) is 4.40. The molecule has 0 radical (unpaired) electrons. The lowest BCUT2D eigenvalue weighted by atomic mass is 10.3. The maximum Gasteiger partial charge on any atom is 0.346 e. The van der Waals surface area contributed by atoms with E-state index in [9.17, 15) is 14.0 Å². The summed E-state index contributed by atoms with van der Waals surface area (Å²) in [6.45, 7) is 0. The van der Waals surface area contributed by atoms with Crippen LogP contribution in [0.4, 0.5) is 10.1 Å². The number of carbonyl (C=O) groups excluding carboxylic acids is 1. The molecule has 3 rings (SSSR count). The Morgan fingerprint density at radius 3 is 3.09 bits per heavy atom. The van der Waals surface area contributed by atoms with Crippen LogP contribution in [0.15, 0.2) is 34.1 Å². The van der Waals surface area contributed by atoms with Gasteiger partial charge in [0.05, 0.1) is 5.75 Å². The number of aryl methyl sites for hydroxylation is 1. The van der Waals surface area contributed by atoms with Crippen LogP contribution >= 0.6 is 11.8 Å². The number of rotatable bonds is 4. The molecule has 1 aromatic heterocycles. The van der Waals surface area contributed by atoms with Crippen molar-refractivity contribution in [2.24, 2.45) is 0 Å². The second-order valence-electron chi connectivity index (χ2n) is 5.00. The van der Waals surface area contributed by atoms with Crippen molar-refractivity contribution in [2.75, 3.05) is 11.1 Å². The number of benzene rings is 1. The van der Waals surface area contributed by atoms with Crippen molar-refractivity contribution in [2.45, 2.75) is 24.3 Å². The average molecular weight is 319 g/mol. The summed E-state index contributed by atoms with van der Waals surface area (Å²) in [5.74, 6) is -0.539. The molecular weight excluding hydrogens is 305 g/mol. The van der Waals surface area contributed by atoms with Gasteiger partial charge in [0.25, 0.3) is 0 Å². The molecule has 1 amide bonds. The number of halogens is 1. The van der Waals surface area contributed by atoms with Gasteiger partial charge < -0.3 is 10.3 Å². The molecular formula is C15H14FN3O2S. The minimum absolute atomic E-state index is 0.124. The van der Waals surface area contributed by atoms with Crippen LogP contribution in [0.5, 0.6) is 0 Å². The lowest BCUT2D eigenvalue weighted by Gasteiger charge is -2.07. The van der Waals surface area contributed by atoms with Crippen LogP contribution < -0.4 is 11.0 Å². The van der Waals surface area contributed by atoms with E-state index >= 15 is 0 Å². The molecule has 1 aliphatic rings. The zero-order valence-corrected chi connectivity index (χ0v) is 12.5. The minimum atomic E-state index is -0.403. The standard InChI is InChI=1S/C15H14FN3O2S/c16-9-3-1-4-10(7-9)17-13(20)8-22-14-11-5-2-6-12(11)18-15(21)19-14/h1,3-4,7H,2,5-6,8H2,(H,17,20)(H,18,19,21). The van der Waals surface area contributed by atoms with Gasteiger partial charge in [-0.2, -0.15) is 4.98 Å². The van der Waals surface area contributed by atoms with Crippen molar-refractivity contribution in [1.29, 1.82) is 0 Å². The summed E-state index contributed by atoms with van der Waals surface area (Å²) in [5, 5.41) is 3.24. The Kier molecular flexibility index (Phi) is 4.24. The normalized spacial score (nSPS) is 13.0. The molecule has 7 heteroatoms. The lowest BCUT2D eigenvalue weighted by Crippen LogP contribution is -2.17. The average Bonchev–Trinajstić information content (AvgIpc) is 2.93. The Morgan fingerprint density at radius 2 is 2.27 bits per heavy atom. The van der Waals surface area contributed by atoms with Crippen molar-refractivity contribution in [3.63, 3.8) is 0 Å². The van der Waals surface area contributed by atoms with Gasteiger partial charge in [-0.05, 0) is 37.5 Å². The van der Waals surface area contributed by atoms with Gasteiger partial charge in [0, 0.05) is 16.9 Å². The summed E-state index contributed by atoms with van der Waals surface area (Å²) in [4.78, 5) is 30.1. The summed E-state index contributed by atoms with van der Waals surface area (Å²) < 4.78 is 13.1. The zero-order chi connectivity index (χ0) is 15.5. The van der Waals surface area contributed by atoms with Gasteiger partial charge in [0.15, 0.2) is 0 Å². The van der Waals surface area contributed by atoms with Crippen molar-refractivity contribution < 1.29 is 9.18 Å². The van der Waals surface area contributed by atoms with Gasteiger partial charge in [0.1, 0.15) is 10.8 Å². The number of amides is 1. The van der Waals surface area contributed by atoms with Gasteiger partial charge in [-0.1, -0.05) is 17.8 Å². The molecule has 114 valence electrons. The lowest BCUT2D eigenvalue weighted by molar-refractivity contribution is -0.113. The first kappa shape index (κ1) is 14.8. The third kappa shape index (κ3) is 3.36. The van der Waals surface area contributed by atoms with Crippen molar-refractivity contribution in [3.05, 3.63) is 51.8 Å². The van der Waals surface area contributed by atoms with E-state index in [2.05, 4.69) is 15.3 Å². The fourth-order valence-corrected chi connectivity index (χ4v) is 3.34. The van der Waals surface area contributed by atoms with Gasteiger partial charge >= 0.3 is 5.69 Å². The molecule has 1 aliphatic carbocycles. The number of thioether (sulfide) groups is 1. The smallest absolute Gasteiger partial charge is 0.325 e. The number of hydrogen-bond acceptors (Lipinski definition) is 4. The Labute approximate surface area is 130 Å². The molecule has 0 fully saturated rings. The Bertz CT molecular complexity index is 776. The fourth-order valence-electron chi connectivity index (χ4n) is 2.45. The van der Waals surface area contributed by atoms with Crippen LogP contribution in [-0.4, -0.2) is 21.6 Å². The highest BCUT2D eigenvalue weighted by atomic mass is 32.2. The summed E-state index contributed by atoms with van der Waals surface area (Å²) in [7, 11) is 0. The largest absolute Gasteiger partial charge is 0.346 e. The maximum absolute atomic E-state index is 13.1. The Hall–Kier alpha value is -2.15. The van der Waals surface area contributed by atoms with Gasteiger partial charge in [-0.3, -0.25) is 4.79 Å². The fraction of sp³-hybridized carbons (Fsp3) is 0.267. The summed E-state index contributed by atoms with van der Waals surface area (Å²) >= 11 is 1.23. The summed E-state index contributed by atoms with van der Waals surface area (Å²) in [6, 6.07) is 5.72. The van der Waals surface area contributed by atoms with Gasteiger partial charge in [-0.15, -0.1) is 0 Å². The number of aromatic nitrogens is 2. The van der Waals surface area contributed by atoms with Crippen molar-refractivity contribution in [3.8, 4) is 0 Å². The van der Waals surface area contributed by atoms with E-state index in [1.165, 1.54) is 30.0 Å². The SMILES string of the molecule is O=C(CSc1nc(=O)[nH]c2c1CCC2)Nc1cccc(F)c1. The van der Waals surface area contributed by atoms with E-state index in [1.807, 2.05) is 0 Å². The molecule has 2 aromatic rings. The first-order valence-electron chi connectivity index (χ1n) is 6.92. The third-order valence-electron chi connectivity index (χ3n) is 3.39. The van der Waals surface area contributed by atoms with E-state index in [0.717, 1.165) is 30.5 Å². The topological polar surface area (TPSA) is 74.8 Å². The van der Waals surface area contributed by atoms with Gasteiger partial charge in [0.2, 0.25) is 5.91 Å². The van der Waals surface area contributed by atoms with E-state index in [0.29, 0.717) is 10.7 Å². The van der Waals surface area contributed by atoms with Crippen LogP contribution in [0.25, 0.3) is 0 Å². The van der Waals surface area contributed by atoms with E-state index in [4.69, 9.17) is 0 Å². The van der Waals surface area contributed by atoms with Crippen LogP contribution in [0.2, 0.25) is 0 Å². The Morgan fingerprint density at radius 1 is 1.41 bits per heavy atom. The second kappa shape index (κ2) is 6.31. The molecule has 0 aliphatic heterocycles. The van der Waals surface area contributed by atoms with E-state index in [1.54, 1.807) is 6.07 Å². The molecule has 1 heterocycles. The highest BCUT2D eigenvalue weighted by molar-refractivity contribution is 8.00. The van der Waals surface area contributed by atoms with E-state index < -0.39 is 5.82 Å². The van der Waals surface area contributed by atoms with Gasteiger partial charge in [-0.25, -0.2) is 9.18 Å². The van der Waals surface area contributed by atoms with Crippen LogP contribution in [0, 0.1) is 5.82 Å². The highest BCUT2D eigenvalue weighted by Gasteiger charge is 2.18. The molecule has 0 spiro atoms. The van der Waals surface area contributed by atoms with E-state index in [-0.39, 0.29) is 17.3 Å². The first-order valence-corrected chi connectivity index (χ1v) is 7.90. The molecule has 2 N–H and O–H groups in total. The number of hydrogen-bond donors (Lipinski definition) is 2.